The summed E-state index contributed by atoms with van der Waals surface area (Å²) in [6.45, 7) is 0.475. The minimum Gasteiger partial charge on any atom is -0.324 e. The Labute approximate surface area is 243 Å². The lowest BCUT2D eigenvalue weighted by molar-refractivity contribution is -0.126. The number of likely N-dealkylation sites (N-methyl/N-ethyl adjacent to an activating group) is 1. The van der Waals surface area contributed by atoms with Gasteiger partial charge >= 0.3 is 0 Å². The molecule has 202 valence electrons. The highest BCUT2D eigenvalue weighted by Gasteiger charge is 2.64. The number of carbonyl (C=O) groups excluding carboxylic acids is 2. The molecule has 0 saturated carbocycles. The molecule has 1 N–H and O–H groups in total. The second-order valence-corrected chi connectivity index (χ2v) is 11.1. The number of amides is 1. The van der Waals surface area contributed by atoms with Crippen LogP contribution in [0.1, 0.15) is 27.4 Å². The first-order chi connectivity index (χ1) is 20.0. The van der Waals surface area contributed by atoms with Crippen LogP contribution in [0.2, 0.25) is 5.02 Å². The molecule has 3 atom stereocenters. The fourth-order valence-corrected chi connectivity index (χ4v) is 6.84. The van der Waals surface area contributed by atoms with Gasteiger partial charge in [0.05, 0.1) is 17.3 Å². The Bertz CT molecular complexity index is 1770. The van der Waals surface area contributed by atoms with Crippen molar-refractivity contribution in [2.75, 3.05) is 18.9 Å². The number of hydrogen-bond donors (Lipinski definition) is 1. The van der Waals surface area contributed by atoms with Crippen LogP contribution in [0, 0.1) is 5.92 Å². The summed E-state index contributed by atoms with van der Waals surface area (Å²) >= 11 is 6.50. The van der Waals surface area contributed by atoms with Crippen molar-refractivity contribution in [3.63, 3.8) is 0 Å². The first-order valence-corrected chi connectivity index (χ1v) is 14.0. The van der Waals surface area contributed by atoms with Crippen LogP contribution in [0.25, 0.3) is 16.9 Å². The molecule has 0 aliphatic carbocycles. The summed E-state index contributed by atoms with van der Waals surface area (Å²) in [6.07, 6.45) is 2.02. The number of hydrogen-bond acceptors (Lipinski definition) is 4. The summed E-state index contributed by atoms with van der Waals surface area (Å²) in [5, 5.41) is 8.62. The van der Waals surface area contributed by atoms with Gasteiger partial charge in [0.15, 0.2) is 5.78 Å². The molecule has 41 heavy (non-hydrogen) atoms. The van der Waals surface area contributed by atoms with Gasteiger partial charge in [0, 0.05) is 51.6 Å². The van der Waals surface area contributed by atoms with Crippen molar-refractivity contribution in [2.24, 2.45) is 5.92 Å². The van der Waals surface area contributed by atoms with Crippen LogP contribution in [0.5, 0.6) is 0 Å². The van der Waals surface area contributed by atoms with E-state index >= 15 is 0 Å². The molecule has 1 aromatic heterocycles. The van der Waals surface area contributed by atoms with E-state index in [1.165, 1.54) is 0 Å². The van der Waals surface area contributed by atoms with E-state index < -0.39 is 11.5 Å². The third kappa shape index (κ3) is 3.94. The van der Waals surface area contributed by atoms with Crippen molar-refractivity contribution >= 4 is 29.0 Å². The molecule has 5 aromatic rings. The predicted octanol–water partition coefficient (Wildman–Crippen LogP) is 6.57. The Kier molecular flexibility index (Phi) is 6.11. The second-order valence-electron chi connectivity index (χ2n) is 10.7. The summed E-state index contributed by atoms with van der Waals surface area (Å²) in [6, 6.07) is 34.6. The zero-order valence-corrected chi connectivity index (χ0v) is 23.1. The Hall–Kier alpha value is -4.52. The number of para-hydroxylation sites is 1. The van der Waals surface area contributed by atoms with Gasteiger partial charge in [-0.2, -0.15) is 5.10 Å². The highest BCUT2D eigenvalue weighted by Crippen LogP contribution is 2.56. The number of ketones is 1. The maximum atomic E-state index is 14.6. The molecule has 2 aliphatic rings. The van der Waals surface area contributed by atoms with Crippen molar-refractivity contribution in [3.8, 4) is 16.9 Å². The molecule has 0 unspecified atom stereocenters. The fraction of sp³-hybridized carbons (Fsp3) is 0.147. The summed E-state index contributed by atoms with van der Waals surface area (Å²) in [5.74, 6) is -1.37. The number of halogens is 1. The van der Waals surface area contributed by atoms with Crippen molar-refractivity contribution < 1.29 is 9.59 Å². The molecule has 0 bridgehead atoms. The van der Waals surface area contributed by atoms with Crippen LogP contribution in [-0.4, -0.2) is 40.0 Å². The number of benzene rings is 4. The second kappa shape index (κ2) is 9.84. The smallest absolute Gasteiger partial charge is 0.250 e. The highest BCUT2D eigenvalue weighted by molar-refractivity contribution is 6.31. The zero-order chi connectivity index (χ0) is 28.1. The van der Waals surface area contributed by atoms with E-state index in [0.717, 1.165) is 28.1 Å². The molecule has 1 spiro atoms. The van der Waals surface area contributed by atoms with Crippen LogP contribution < -0.4 is 5.32 Å². The maximum Gasteiger partial charge on any atom is 0.250 e. The van der Waals surface area contributed by atoms with Gasteiger partial charge < -0.3 is 5.32 Å². The lowest BCUT2D eigenvalue weighted by Crippen LogP contribution is -2.51. The zero-order valence-electron chi connectivity index (χ0n) is 22.4. The number of anilines is 1. The average molecular weight is 559 g/mol. The molecule has 6 nitrogen and oxygen atoms in total. The van der Waals surface area contributed by atoms with Crippen LogP contribution in [0.4, 0.5) is 5.69 Å². The van der Waals surface area contributed by atoms with Crippen molar-refractivity contribution in [1.29, 1.82) is 0 Å². The number of carbonyl (C=O) groups is 2. The molecule has 0 radical (unpaired) electrons. The van der Waals surface area contributed by atoms with Crippen LogP contribution in [0.15, 0.2) is 115 Å². The number of likely N-dealkylation sites (tertiary alicyclic amines) is 1. The number of fused-ring (bicyclic) bond motifs is 2. The number of aromatic nitrogens is 2. The number of Topliss-reactive ketones (excluding diaryl/α,β-unsaturated/α-hetero) is 1. The SMILES string of the molecule is CN1C[C@@H](c2cn(-c3ccccc3)nc2-c2ccccc2)[C@H](C(=O)c2ccccc2)[C@@]12C(=O)Nc1ccc(Cl)cc12. The van der Waals surface area contributed by atoms with E-state index in [9.17, 15) is 9.59 Å². The topological polar surface area (TPSA) is 67.2 Å². The van der Waals surface area contributed by atoms with Gasteiger partial charge in [-0.1, -0.05) is 90.5 Å². The first kappa shape index (κ1) is 25.4. The van der Waals surface area contributed by atoms with Crippen molar-refractivity contribution in [1.82, 2.24) is 14.7 Å². The molecule has 7 heteroatoms. The number of nitrogens with zero attached hydrogens (tertiary/aromatic N) is 3. The van der Waals surface area contributed by atoms with Gasteiger partial charge in [0.1, 0.15) is 5.54 Å². The van der Waals surface area contributed by atoms with E-state index in [2.05, 4.69) is 5.32 Å². The average Bonchev–Trinajstić information content (AvgIpc) is 3.67. The van der Waals surface area contributed by atoms with Gasteiger partial charge in [-0.15, -0.1) is 0 Å². The van der Waals surface area contributed by atoms with Crippen LogP contribution >= 0.6 is 11.6 Å². The Morgan fingerprint density at radius 2 is 1.59 bits per heavy atom. The van der Waals surface area contributed by atoms with E-state index in [-0.39, 0.29) is 17.6 Å². The lowest BCUT2D eigenvalue weighted by Gasteiger charge is -2.35. The minimum absolute atomic E-state index is 0.0885. The third-order valence-electron chi connectivity index (χ3n) is 8.46. The van der Waals surface area contributed by atoms with E-state index in [1.807, 2.05) is 126 Å². The molecule has 1 saturated heterocycles. The predicted molar refractivity (Wildman–Crippen MR) is 160 cm³/mol. The summed E-state index contributed by atoms with van der Waals surface area (Å²) in [5.41, 5.74) is 4.32. The van der Waals surface area contributed by atoms with Gasteiger partial charge in [0.25, 0.3) is 0 Å². The molecule has 1 fully saturated rings. The summed E-state index contributed by atoms with van der Waals surface area (Å²) in [4.78, 5) is 30.8. The van der Waals surface area contributed by atoms with Gasteiger partial charge in [-0.05, 0) is 37.4 Å². The summed E-state index contributed by atoms with van der Waals surface area (Å²) < 4.78 is 1.87. The Morgan fingerprint density at radius 1 is 0.927 bits per heavy atom. The van der Waals surface area contributed by atoms with E-state index in [4.69, 9.17) is 16.7 Å². The molecular weight excluding hydrogens is 532 g/mol. The molecule has 3 heterocycles. The monoisotopic (exact) mass is 558 g/mol. The quantitative estimate of drug-likeness (QED) is 0.248. The van der Waals surface area contributed by atoms with Crippen LogP contribution in [-0.2, 0) is 10.3 Å². The molecule has 4 aromatic carbocycles. The largest absolute Gasteiger partial charge is 0.324 e. The molecular formula is C34H27ClN4O2. The Balaban J connectivity index is 1.48. The lowest BCUT2D eigenvalue weighted by atomic mass is 9.70. The number of nitrogens with one attached hydrogen (secondary N) is 1. The van der Waals surface area contributed by atoms with Crippen molar-refractivity contribution in [3.05, 3.63) is 137 Å². The normalized spacial score (nSPS) is 21.7. The molecule has 2 aliphatic heterocycles. The van der Waals surface area contributed by atoms with Crippen LogP contribution in [0.3, 0.4) is 0 Å². The minimum atomic E-state index is -1.24. The highest BCUT2D eigenvalue weighted by atomic mass is 35.5. The van der Waals surface area contributed by atoms with E-state index in [1.54, 1.807) is 6.07 Å². The van der Waals surface area contributed by atoms with Crippen molar-refractivity contribution in [2.45, 2.75) is 11.5 Å². The first-order valence-electron chi connectivity index (χ1n) is 13.6. The van der Waals surface area contributed by atoms with Gasteiger partial charge in [-0.25, -0.2) is 4.68 Å². The van der Waals surface area contributed by atoms with E-state index in [0.29, 0.717) is 22.8 Å². The Morgan fingerprint density at radius 3 is 2.29 bits per heavy atom. The number of rotatable bonds is 5. The standard InChI is InChI=1S/C34H27ClN4O2/c1-38-20-26(27-21-39(25-15-9-4-10-16-25)37-31(27)22-11-5-2-6-12-22)30(32(40)23-13-7-3-8-14-23)34(38)28-19-24(35)17-18-29(28)36-33(34)41/h2-19,21,26,30H,20H2,1H3,(H,36,41)/t26-,30+,34-/m0/s1. The maximum absolute atomic E-state index is 14.6. The molecule has 1 amide bonds. The summed E-state index contributed by atoms with van der Waals surface area (Å²) in [7, 11) is 1.92. The van der Waals surface area contributed by atoms with Gasteiger partial charge in [0.2, 0.25) is 5.91 Å². The van der Waals surface area contributed by atoms with Gasteiger partial charge in [-0.3, -0.25) is 14.5 Å². The molecule has 7 rings (SSSR count). The third-order valence-corrected chi connectivity index (χ3v) is 8.70. The fourth-order valence-electron chi connectivity index (χ4n) is 6.67.